The summed E-state index contributed by atoms with van der Waals surface area (Å²) >= 11 is 0. The van der Waals surface area contributed by atoms with Crippen molar-refractivity contribution in [3.63, 3.8) is 0 Å². The number of tetrazole rings is 1. The Bertz CT molecular complexity index is 1140. The van der Waals surface area contributed by atoms with E-state index in [-0.39, 0.29) is 23.6 Å². The van der Waals surface area contributed by atoms with E-state index in [1.54, 1.807) is 19.1 Å². The van der Waals surface area contributed by atoms with Crippen LogP contribution >= 0.6 is 0 Å². The number of halogens is 1. The first-order chi connectivity index (χ1) is 14.4. The standard InChI is InChI=1S/C20H18FN7O2/c1-12(29)19-11-18(24-28(19)14-6-4-3-5-7-14)20(30)22-17-10-15(8-9-16(17)21)27-13(2)23-25-26-27/h3-10,19H,11H2,1-2H3,(H,22,30). The molecule has 0 radical (unpaired) electrons. The van der Waals surface area contributed by atoms with E-state index in [1.807, 2.05) is 18.2 Å². The van der Waals surface area contributed by atoms with Crippen LogP contribution in [0.1, 0.15) is 19.2 Å². The zero-order valence-electron chi connectivity index (χ0n) is 16.3. The molecule has 0 bridgehead atoms. The lowest BCUT2D eigenvalue weighted by Gasteiger charge is -2.20. The number of nitrogens with zero attached hydrogens (tertiary/aromatic N) is 6. The SMILES string of the molecule is CC(=O)C1CC(C(=O)Nc2cc(-n3nnnc3C)ccc2F)=NN1c1ccccc1. The molecule has 3 aromatic rings. The Morgan fingerprint density at radius 1 is 1.13 bits per heavy atom. The van der Waals surface area contributed by atoms with Gasteiger partial charge in [0.25, 0.3) is 5.91 Å². The second kappa shape index (κ2) is 7.82. The van der Waals surface area contributed by atoms with Crippen LogP contribution in [0.3, 0.4) is 0 Å². The molecule has 2 aromatic carbocycles. The van der Waals surface area contributed by atoms with Crippen LogP contribution in [0.2, 0.25) is 0 Å². The van der Waals surface area contributed by atoms with Crippen molar-refractivity contribution in [2.75, 3.05) is 10.3 Å². The first kappa shape index (κ1) is 19.4. The fourth-order valence-corrected chi connectivity index (χ4v) is 3.19. The summed E-state index contributed by atoms with van der Waals surface area (Å²) in [6.07, 6.45) is 0.128. The van der Waals surface area contributed by atoms with Gasteiger partial charge in [0.05, 0.1) is 17.1 Å². The molecular formula is C20H18FN7O2. The Morgan fingerprint density at radius 3 is 2.57 bits per heavy atom. The lowest BCUT2D eigenvalue weighted by atomic mass is 10.1. The maximum Gasteiger partial charge on any atom is 0.272 e. The number of hydrogen-bond donors (Lipinski definition) is 1. The van der Waals surface area contributed by atoms with Gasteiger partial charge in [-0.15, -0.1) is 5.10 Å². The van der Waals surface area contributed by atoms with E-state index in [0.717, 1.165) is 0 Å². The molecule has 1 aromatic heterocycles. The molecule has 1 amide bonds. The minimum Gasteiger partial charge on any atom is -0.318 e. The summed E-state index contributed by atoms with van der Waals surface area (Å²) in [7, 11) is 0. The molecule has 2 heterocycles. The molecule has 0 fully saturated rings. The summed E-state index contributed by atoms with van der Waals surface area (Å²) in [5, 5.41) is 19.6. The van der Waals surface area contributed by atoms with Crippen molar-refractivity contribution in [2.45, 2.75) is 26.3 Å². The van der Waals surface area contributed by atoms with Gasteiger partial charge in [0.15, 0.2) is 11.6 Å². The van der Waals surface area contributed by atoms with Crippen molar-refractivity contribution in [1.29, 1.82) is 0 Å². The summed E-state index contributed by atoms with van der Waals surface area (Å²) in [5.41, 5.74) is 1.30. The van der Waals surface area contributed by atoms with Gasteiger partial charge in [-0.05, 0) is 54.6 Å². The van der Waals surface area contributed by atoms with E-state index in [0.29, 0.717) is 17.2 Å². The van der Waals surface area contributed by atoms with Crippen molar-refractivity contribution in [3.8, 4) is 5.69 Å². The molecule has 10 heteroatoms. The quantitative estimate of drug-likeness (QED) is 0.696. The Hall–Kier alpha value is -3.95. The highest BCUT2D eigenvalue weighted by Crippen LogP contribution is 2.26. The van der Waals surface area contributed by atoms with Crippen LogP contribution in [-0.2, 0) is 9.59 Å². The van der Waals surface area contributed by atoms with Gasteiger partial charge in [-0.3, -0.25) is 14.6 Å². The third-order valence-electron chi connectivity index (χ3n) is 4.73. The van der Waals surface area contributed by atoms with Gasteiger partial charge in [0, 0.05) is 6.42 Å². The molecule has 1 unspecified atom stereocenters. The number of amides is 1. The summed E-state index contributed by atoms with van der Waals surface area (Å²) in [5.74, 6) is -0.793. The average Bonchev–Trinajstić information content (AvgIpc) is 3.37. The van der Waals surface area contributed by atoms with E-state index < -0.39 is 17.8 Å². The molecule has 1 aliphatic rings. The van der Waals surface area contributed by atoms with Crippen LogP contribution in [0.4, 0.5) is 15.8 Å². The molecule has 1 atom stereocenters. The number of benzene rings is 2. The monoisotopic (exact) mass is 407 g/mol. The van der Waals surface area contributed by atoms with Crippen LogP contribution in [0.5, 0.6) is 0 Å². The molecule has 1 N–H and O–H groups in total. The van der Waals surface area contributed by atoms with Gasteiger partial charge in [0.2, 0.25) is 0 Å². The molecule has 4 rings (SSSR count). The molecule has 0 saturated carbocycles. The smallest absolute Gasteiger partial charge is 0.272 e. The van der Waals surface area contributed by atoms with Crippen molar-refractivity contribution >= 4 is 28.8 Å². The fourth-order valence-electron chi connectivity index (χ4n) is 3.19. The summed E-state index contributed by atoms with van der Waals surface area (Å²) in [6.45, 7) is 3.16. The number of hydrazone groups is 1. The van der Waals surface area contributed by atoms with E-state index >= 15 is 0 Å². The molecule has 0 saturated heterocycles. The van der Waals surface area contributed by atoms with Crippen LogP contribution in [0.25, 0.3) is 5.69 Å². The van der Waals surface area contributed by atoms with E-state index in [1.165, 1.54) is 34.8 Å². The second-order valence-electron chi connectivity index (χ2n) is 6.81. The van der Waals surface area contributed by atoms with Gasteiger partial charge in [-0.25, -0.2) is 4.39 Å². The van der Waals surface area contributed by atoms with Crippen LogP contribution < -0.4 is 10.3 Å². The fraction of sp³-hybridized carbons (Fsp3) is 0.200. The minimum absolute atomic E-state index is 0.0346. The molecular weight excluding hydrogens is 389 g/mol. The number of aryl methyl sites for hydroxylation is 1. The van der Waals surface area contributed by atoms with Crippen LogP contribution in [-0.4, -0.2) is 43.7 Å². The van der Waals surface area contributed by atoms with Gasteiger partial charge in [0.1, 0.15) is 17.6 Å². The highest BCUT2D eigenvalue weighted by Gasteiger charge is 2.34. The number of rotatable bonds is 5. The Kier molecular flexibility index (Phi) is 5.05. The number of ketones is 1. The number of hydrogen-bond acceptors (Lipinski definition) is 7. The van der Waals surface area contributed by atoms with Gasteiger partial charge >= 0.3 is 0 Å². The van der Waals surface area contributed by atoms with Crippen molar-refractivity contribution in [3.05, 3.63) is 60.2 Å². The lowest BCUT2D eigenvalue weighted by Crippen LogP contribution is -2.33. The van der Waals surface area contributed by atoms with Gasteiger partial charge in [-0.2, -0.15) is 9.78 Å². The second-order valence-corrected chi connectivity index (χ2v) is 6.81. The van der Waals surface area contributed by atoms with E-state index in [4.69, 9.17) is 0 Å². The maximum absolute atomic E-state index is 14.3. The number of aromatic nitrogens is 4. The largest absolute Gasteiger partial charge is 0.318 e. The molecule has 0 aliphatic carbocycles. The number of carbonyl (C=O) groups is 2. The summed E-state index contributed by atoms with van der Waals surface area (Å²) in [6, 6.07) is 12.7. The van der Waals surface area contributed by atoms with E-state index in [9.17, 15) is 14.0 Å². The number of para-hydroxylation sites is 1. The number of nitrogens with one attached hydrogen (secondary N) is 1. The van der Waals surface area contributed by atoms with Crippen molar-refractivity contribution < 1.29 is 14.0 Å². The first-order valence-electron chi connectivity index (χ1n) is 9.22. The Labute approximate surface area is 171 Å². The molecule has 0 spiro atoms. The predicted octanol–water partition coefficient (Wildman–Crippen LogP) is 2.27. The normalized spacial score (nSPS) is 15.8. The minimum atomic E-state index is -0.612. The van der Waals surface area contributed by atoms with Crippen LogP contribution in [0, 0.1) is 12.7 Å². The number of anilines is 2. The van der Waals surface area contributed by atoms with Crippen molar-refractivity contribution in [1.82, 2.24) is 20.2 Å². The molecule has 1 aliphatic heterocycles. The maximum atomic E-state index is 14.3. The summed E-state index contributed by atoms with van der Waals surface area (Å²) < 4.78 is 15.7. The molecule has 9 nitrogen and oxygen atoms in total. The third-order valence-corrected chi connectivity index (χ3v) is 4.73. The Morgan fingerprint density at radius 2 is 1.90 bits per heavy atom. The topological polar surface area (TPSA) is 105 Å². The molecule has 152 valence electrons. The zero-order valence-corrected chi connectivity index (χ0v) is 16.3. The predicted molar refractivity (Wildman–Crippen MR) is 108 cm³/mol. The third kappa shape index (κ3) is 3.66. The first-order valence-corrected chi connectivity index (χ1v) is 9.22. The van der Waals surface area contributed by atoms with Gasteiger partial charge < -0.3 is 5.32 Å². The van der Waals surface area contributed by atoms with E-state index in [2.05, 4.69) is 25.9 Å². The Balaban J connectivity index is 1.60. The zero-order chi connectivity index (χ0) is 21.3. The highest BCUT2D eigenvalue weighted by atomic mass is 19.1. The van der Waals surface area contributed by atoms with Gasteiger partial charge in [-0.1, -0.05) is 18.2 Å². The summed E-state index contributed by atoms with van der Waals surface area (Å²) in [4.78, 5) is 24.9. The lowest BCUT2D eigenvalue weighted by molar-refractivity contribution is -0.118. The molecule has 30 heavy (non-hydrogen) atoms. The van der Waals surface area contributed by atoms with Crippen LogP contribution in [0.15, 0.2) is 53.6 Å². The highest BCUT2D eigenvalue weighted by molar-refractivity contribution is 6.44. The van der Waals surface area contributed by atoms with Crippen molar-refractivity contribution in [2.24, 2.45) is 5.10 Å². The number of carbonyl (C=O) groups excluding carboxylic acids is 2. The number of Topliss-reactive ketones (excluding diaryl/α,β-unsaturated/α-hetero) is 1. The average molecular weight is 407 g/mol.